The van der Waals surface area contributed by atoms with Gasteiger partial charge in [-0.25, -0.2) is 17.2 Å². The van der Waals surface area contributed by atoms with Crippen molar-refractivity contribution >= 4 is 32.1 Å². The van der Waals surface area contributed by atoms with Crippen molar-refractivity contribution in [3.63, 3.8) is 0 Å². The van der Waals surface area contributed by atoms with Crippen LogP contribution in [0.2, 0.25) is 0 Å². The molecule has 0 radical (unpaired) electrons. The number of alkyl halides is 1. The summed E-state index contributed by atoms with van der Waals surface area (Å²) in [6.07, 6.45) is 1.56. The summed E-state index contributed by atoms with van der Waals surface area (Å²) in [6.45, 7) is 5.87. The minimum atomic E-state index is -3.61. The Bertz CT molecular complexity index is 1620. The summed E-state index contributed by atoms with van der Waals surface area (Å²) in [7, 11) is -0.755. The Morgan fingerprint density at radius 1 is 1.28 bits per heavy atom. The van der Waals surface area contributed by atoms with Gasteiger partial charge in [-0.05, 0) is 36.6 Å². The summed E-state index contributed by atoms with van der Waals surface area (Å²) in [6, 6.07) is 9.53. The summed E-state index contributed by atoms with van der Waals surface area (Å²) in [5, 5.41) is 17.2. The van der Waals surface area contributed by atoms with E-state index in [0.717, 1.165) is 28.9 Å². The summed E-state index contributed by atoms with van der Waals surface area (Å²) in [5.74, 6) is 5.42. The van der Waals surface area contributed by atoms with Crippen LogP contribution in [0.25, 0.3) is 10.9 Å². The molecule has 2 heterocycles. The van der Waals surface area contributed by atoms with Gasteiger partial charge in [-0.2, -0.15) is 0 Å². The molecule has 12 heteroatoms. The summed E-state index contributed by atoms with van der Waals surface area (Å²) >= 11 is 0. The number of nitrogens with zero attached hydrogens (tertiary/aromatic N) is 2. The SMILES string of the molecule is C=CCn1c(C#CCNc2c(F)cc(S(C)(=O)=O)cc2OC)cc2c(NC3CCN(C[C@@H](O)COC)CC3F)cccc21. The summed E-state index contributed by atoms with van der Waals surface area (Å²) < 4.78 is 65.8. The van der Waals surface area contributed by atoms with Crippen LogP contribution >= 0.6 is 0 Å². The highest BCUT2D eigenvalue weighted by Crippen LogP contribution is 2.32. The van der Waals surface area contributed by atoms with Gasteiger partial charge in [-0.3, -0.25) is 4.90 Å². The standard InChI is InChI=1S/C31H38F2N4O5S/c1-5-13-37-21(8-7-12-34-31-25(32)16-23(43(4,39)40)17-30(31)42-3)15-24-27(9-6-10-29(24)37)35-28-11-14-36(19-26(28)33)18-22(38)20-41-2/h5-6,9-10,15-17,22,26,28,34-35,38H,1,11-14,18-20H2,2-4H3/t22-,26?,28?/m1/s1. The number of methoxy groups -OCH3 is 2. The number of allylic oxidation sites excluding steroid dienone is 1. The van der Waals surface area contributed by atoms with E-state index in [4.69, 9.17) is 9.47 Å². The molecule has 2 unspecified atom stereocenters. The molecule has 1 aromatic heterocycles. The molecule has 2 aromatic carbocycles. The van der Waals surface area contributed by atoms with Crippen molar-refractivity contribution < 1.29 is 31.8 Å². The molecule has 1 saturated heterocycles. The number of hydrogen-bond donors (Lipinski definition) is 3. The minimum absolute atomic E-state index is 0.0161. The van der Waals surface area contributed by atoms with Crippen LogP contribution in [0.5, 0.6) is 5.75 Å². The van der Waals surface area contributed by atoms with Gasteiger partial charge >= 0.3 is 0 Å². The Balaban J connectivity index is 1.51. The Morgan fingerprint density at radius 3 is 2.74 bits per heavy atom. The van der Waals surface area contributed by atoms with Gasteiger partial charge in [-0.1, -0.05) is 18.1 Å². The normalized spacial score (nSPS) is 18.1. The van der Waals surface area contributed by atoms with Crippen molar-refractivity contribution in [3.8, 4) is 17.6 Å². The number of aromatic nitrogens is 1. The van der Waals surface area contributed by atoms with Crippen molar-refractivity contribution in [2.75, 3.05) is 63.9 Å². The number of aliphatic hydroxyl groups is 1. The first-order valence-electron chi connectivity index (χ1n) is 13.9. The fraction of sp³-hybridized carbons (Fsp3) is 0.419. The highest BCUT2D eigenvalue weighted by Gasteiger charge is 2.30. The van der Waals surface area contributed by atoms with E-state index in [-0.39, 0.29) is 42.1 Å². The second-order valence-electron chi connectivity index (χ2n) is 10.5. The molecule has 3 atom stereocenters. The molecule has 1 fully saturated rings. The maximum Gasteiger partial charge on any atom is 0.175 e. The van der Waals surface area contributed by atoms with Gasteiger partial charge in [0.25, 0.3) is 0 Å². The van der Waals surface area contributed by atoms with Gasteiger partial charge in [0.2, 0.25) is 0 Å². The molecule has 3 N–H and O–H groups in total. The van der Waals surface area contributed by atoms with E-state index >= 15 is 4.39 Å². The molecule has 9 nitrogen and oxygen atoms in total. The van der Waals surface area contributed by atoms with Crippen LogP contribution in [0.15, 0.2) is 53.9 Å². The number of fused-ring (bicyclic) bond motifs is 1. The predicted molar refractivity (Wildman–Crippen MR) is 165 cm³/mol. The van der Waals surface area contributed by atoms with Crippen LogP contribution < -0.4 is 15.4 Å². The van der Waals surface area contributed by atoms with E-state index in [1.807, 2.05) is 33.7 Å². The zero-order valence-electron chi connectivity index (χ0n) is 24.6. The molecule has 0 amide bonds. The number of hydrogen-bond acceptors (Lipinski definition) is 8. The van der Waals surface area contributed by atoms with Crippen LogP contribution in [0, 0.1) is 17.7 Å². The molecule has 3 aromatic rings. The van der Waals surface area contributed by atoms with Crippen LogP contribution in [-0.2, 0) is 21.1 Å². The number of sulfone groups is 1. The van der Waals surface area contributed by atoms with E-state index in [1.165, 1.54) is 20.3 Å². The van der Waals surface area contributed by atoms with E-state index in [2.05, 4.69) is 29.1 Å². The first-order valence-corrected chi connectivity index (χ1v) is 15.8. The Labute approximate surface area is 251 Å². The highest BCUT2D eigenvalue weighted by molar-refractivity contribution is 7.90. The van der Waals surface area contributed by atoms with Crippen molar-refractivity contribution in [2.45, 2.75) is 36.2 Å². The van der Waals surface area contributed by atoms with Gasteiger partial charge in [0.05, 0.1) is 48.5 Å². The van der Waals surface area contributed by atoms with Crippen molar-refractivity contribution in [1.82, 2.24) is 9.47 Å². The number of ether oxygens (including phenoxy) is 2. The van der Waals surface area contributed by atoms with Crippen LogP contribution in [0.1, 0.15) is 12.1 Å². The lowest BCUT2D eigenvalue weighted by Crippen LogP contribution is -2.50. The first-order chi connectivity index (χ1) is 20.5. The van der Waals surface area contributed by atoms with Crippen LogP contribution in [0.3, 0.4) is 0 Å². The number of anilines is 2. The molecule has 4 rings (SSSR count). The van der Waals surface area contributed by atoms with Crippen molar-refractivity contribution in [1.29, 1.82) is 0 Å². The lowest BCUT2D eigenvalue weighted by Gasteiger charge is -2.36. The Kier molecular flexibility index (Phi) is 10.7. The molecule has 0 saturated carbocycles. The van der Waals surface area contributed by atoms with Crippen molar-refractivity contribution in [3.05, 3.63) is 60.6 Å². The predicted octanol–water partition coefficient (Wildman–Crippen LogP) is 3.67. The Morgan fingerprint density at radius 2 is 2.07 bits per heavy atom. The summed E-state index contributed by atoms with van der Waals surface area (Å²) in [4.78, 5) is 1.74. The van der Waals surface area contributed by atoms with Gasteiger partial charge in [-0.15, -0.1) is 6.58 Å². The molecular formula is C31H38F2N4O5S. The number of rotatable bonds is 12. The maximum atomic E-state index is 15.2. The lowest BCUT2D eigenvalue weighted by atomic mass is 10.0. The number of benzene rings is 2. The third-order valence-corrected chi connectivity index (χ3v) is 8.39. The molecule has 1 aliphatic rings. The van der Waals surface area contributed by atoms with Gasteiger partial charge in [0.1, 0.15) is 17.6 Å². The van der Waals surface area contributed by atoms with Crippen LogP contribution in [-0.4, -0.2) is 94.6 Å². The van der Waals surface area contributed by atoms with Crippen LogP contribution in [0.4, 0.5) is 20.2 Å². The average Bonchev–Trinajstić information content (AvgIpc) is 3.30. The third-order valence-electron chi connectivity index (χ3n) is 7.30. The van der Waals surface area contributed by atoms with Crippen molar-refractivity contribution in [2.24, 2.45) is 0 Å². The molecular weight excluding hydrogens is 578 g/mol. The Hall–Kier alpha value is -3.63. The van der Waals surface area contributed by atoms with E-state index in [9.17, 15) is 17.9 Å². The molecule has 232 valence electrons. The van der Waals surface area contributed by atoms with Gasteiger partial charge in [0, 0.05) is 56.7 Å². The van der Waals surface area contributed by atoms with E-state index in [1.54, 1.807) is 6.08 Å². The largest absolute Gasteiger partial charge is 0.494 e. The molecule has 0 spiro atoms. The first kappa shape index (κ1) is 32.3. The maximum absolute atomic E-state index is 15.2. The second kappa shape index (κ2) is 14.2. The third kappa shape index (κ3) is 7.86. The van der Waals surface area contributed by atoms with Gasteiger partial charge < -0.3 is 29.8 Å². The monoisotopic (exact) mass is 616 g/mol. The topological polar surface area (TPSA) is 105 Å². The summed E-state index contributed by atoms with van der Waals surface area (Å²) in [5.41, 5.74) is 2.41. The second-order valence-corrected chi connectivity index (χ2v) is 12.5. The number of β-amino-alcohol motifs (C(OH)–C–C–N with tert-alkyl or cyclic N) is 1. The molecule has 43 heavy (non-hydrogen) atoms. The minimum Gasteiger partial charge on any atom is -0.494 e. The fourth-order valence-electron chi connectivity index (χ4n) is 5.25. The number of halogens is 2. The quantitative estimate of drug-likeness (QED) is 0.209. The smallest absolute Gasteiger partial charge is 0.175 e. The average molecular weight is 617 g/mol. The number of piperidine rings is 1. The molecule has 0 bridgehead atoms. The number of nitrogens with one attached hydrogen (secondary N) is 2. The van der Waals surface area contributed by atoms with E-state index < -0.39 is 27.9 Å². The number of aliphatic hydroxyl groups excluding tert-OH is 1. The van der Waals surface area contributed by atoms with E-state index in [0.29, 0.717) is 31.7 Å². The highest BCUT2D eigenvalue weighted by atomic mass is 32.2. The zero-order chi connectivity index (χ0) is 31.1. The fourth-order valence-corrected chi connectivity index (χ4v) is 5.89. The molecule has 0 aliphatic carbocycles. The number of likely N-dealkylation sites (tertiary alicyclic amines) is 1. The lowest BCUT2D eigenvalue weighted by molar-refractivity contribution is 0.0215. The molecule has 1 aliphatic heterocycles. The van der Waals surface area contributed by atoms with Gasteiger partial charge in [0.15, 0.2) is 15.7 Å². The zero-order valence-corrected chi connectivity index (χ0v) is 25.4.